The minimum absolute atomic E-state index is 0.696. The van der Waals surface area contributed by atoms with Crippen molar-refractivity contribution in [1.29, 1.82) is 0 Å². The lowest BCUT2D eigenvalue weighted by Gasteiger charge is -2.08. The van der Waals surface area contributed by atoms with Gasteiger partial charge in [0.15, 0.2) is 0 Å². The normalized spacial score (nSPS) is 11.9. The van der Waals surface area contributed by atoms with E-state index in [9.17, 15) is 4.57 Å². The van der Waals surface area contributed by atoms with Gasteiger partial charge in [0.1, 0.15) is 0 Å². The van der Waals surface area contributed by atoms with Crippen molar-refractivity contribution in [3.05, 3.63) is 0 Å². The monoisotopic (exact) mass is 217 g/mol. The van der Waals surface area contributed by atoms with E-state index >= 15 is 0 Å². The van der Waals surface area contributed by atoms with Gasteiger partial charge in [0.2, 0.25) is 0 Å². The Labute approximate surface area is 75.6 Å². The molecule has 0 spiro atoms. The van der Waals surface area contributed by atoms with Gasteiger partial charge in [-0.25, -0.2) is 18.0 Å². The van der Waals surface area contributed by atoms with Crippen LogP contribution in [0, 0.1) is 0 Å². The molecule has 0 aliphatic heterocycles. The summed E-state index contributed by atoms with van der Waals surface area (Å²) in [6, 6.07) is 0. The zero-order chi connectivity index (χ0) is 8.74. The van der Waals surface area contributed by atoms with Gasteiger partial charge in [0, 0.05) is 35.6 Å². The van der Waals surface area contributed by atoms with Gasteiger partial charge in [0.25, 0.3) is 0 Å². The van der Waals surface area contributed by atoms with Crippen molar-refractivity contribution in [3.63, 3.8) is 0 Å². The van der Waals surface area contributed by atoms with Crippen LogP contribution in [0.15, 0.2) is 0 Å². The molecule has 0 bridgehead atoms. The van der Waals surface area contributed by atoms with E-state index in [4.69, 9.17) is 5.50 Å². The van der Waals surface area contributed by atoms with Crippen LogP contribution >= 0.6 is 31.8 Å². The van der Waals surface area contributed by atoms with Crippen LogP contribution < -0.4 is 5.50 Å². The molecule has 0 atom stereocenters. The molecule has 0 unspecified atom stereocenters. The van der Waals surface area contributed by atoms with Crippen molar-refractivity contribution >= 4 is 31.8 Å². The molecule has 0 saturated carbocycles. The molecule has 0 rings (SSSR count). The van der Waals surface area contributed by atoms with Crippen molar-refractivity contribution in [3.8, 4) is 0 Å². The third-order valence-electron chi connectivity index (χ3n) is 0.549. The van der Waals surface area contributed by atoms with E-state index in [0.717, 1.165) is 24.1 Å². The summed E-state index contributed by atoms with van der Waals surface area (Å²) in [5.74, 6) is 1.39. The van der Waals surface area contributed by atoms with Crippen molar-refractivity contribution < 1.29 is 12.5 Å². The van der Waals surface area contributed by atoms with E-state index in [-0.39, 0.29) is 0 Å². The first-order valence-corrected chi connectivity index (χ1v) is 6.56. The van der Waals surface area contributed by atoms with Crippen LogP contribution in [0.3, 0.4) is 0 Å². The molecule has 11 heavy (non-hydrogen) atoms. The highest BCUT2D eigenvalue weighted by Crippen LogP contribution is 2.46. The van der Waals surface area contributed by atoms with Crippen LogP contribution in [0.1, 0.15) is 13.8 Å². The fraction of sp³-hybridized carbons (Fsp3) is 1.00. The van der Waals surface area contributed by atoms with E-state index in [2.05, 4.69) is 7.94 Å². The molecule has 0 heterocycles. The standard InChI is InChI=1S/C4H12NO3PS2/c1-3-10-7-9(5,6)8-11-4-2/h3-4H2,1-2H3,(H2,5,6). The lowest BCUT2D eigenvalue weighted by atomic mass is 11.0. The number of rotatable bonds is 6. The Hall–Kier alpha value is 0.810. The highest BCUT2D eigenvalue weighted by Gasteiger charge is 2.18. The van der Waals surface area contributed by atoms with Crippen LogP contribution in [-0.4, -0.2) is 11.5 Å². The summed E-state index contributed by atoms with van der Waals surface area (Å²) in [5, 5.41) is 0. The molecule has 68 valence electrons. The molecule has 0 amide bonds. The summed E-state index contributed by atoms with van der Waals surface area (Å²) in [6.07, 6.45) is 0. The predicted octanol–water partition coefficient (Wildman–Crippen LogP) is 2.42. The lowest BCUT2D eigenvalue weighted by molar-refractivity contribution is 0.434. The third kappa shape index (κ3) is 7.18. The average Bonchev–Trinajstić information content (AvgIpc) is 1.97. The average molecular weight is 217 g/mol. The molecule has 0 saturated heterocycles. The molecule has 4 nitrogen and oxygen atoms in total. The quantitative estimate of drug-likeness (QED) is 0.544. The lowest BCUT2D eigenvalue weighted by Crippen LogP contribution is -1.96. The molecule has 0 aromatic carbocycles. The van der Waals surface area contributed by atoms with Gasteiger partial charge in [-0.05, 0) is 0 Å². The van der Waals surface area contributed by atoms with Crippen LogP contribution in [0.5, 0.6) is 0 Å². The molecular formula is C4H12NO3PS2. The van der Waals surface area contributed by atoms with Crippen LogP contribution in [0.2, 0.25) is 0 Å². The largest absolute Gasteiger partial charge is 0.425 e. The molecule has 0 aromatic heterocycles. The summed E-state index contributed by atoms with van der Waals surface area (Å²) >= 11 is 2.08. The summed E-state index contributed by atoms with van der Waals surface area (Å²) in [7, 11) is -3.30. The minimum Gasteiger partial charge on any atom is -0.239 e. The minimum atomic E-state index is -3.30. The van der Waals surface area contributed by atoms with E-state index in [1.54, 1.807) is 0 Å². The maximum absolute atomic E-state index is 11.0. The fourth-order valence-electron chi connectivity index (χ4n) is 0.265. The maximum Gasteiger partial charge on any atom is 0.425 e. The first-order chi connectivity index (χ1) is 5.12. The van der Waals surface area contributed by atoms with Crippen LogP contribution in [0.4, 0.5) is 0 Å². The molecule has 0 aliphatic rings. The summed E-state index contributed by atoms with van der Waals surface area (Å²) in [4.78, 5) is 0. The topological polar surface area (TPSA) is 61.5 Å². The van der Waals surface area contributed by atoms with Gasteiger partial charge >= 0.3 is 7.75 Å². The SMILES string of the molecule is CCSOP(N)(=O)OSCC. The van der Waals surface area contributed by atoms with E-state index in [0.29, 0.717) is 11.5 Å². The third-order valence-corrected chi connectivity index (χ3v) is 3.53. The Morgan fingerprint density at radius 1 is 1.27 bits per heavy atom. The van der Waals surface area contributed by atoms with Crippen molar-refractivity contribution in [2.75, 3.05) is 11.5 Å². The predicted molar refractivity (Wildman–Crippen MR) is 50.2 cm³/mol. The highest BCUT2D eigenvalue weighted by molar-refractivity contribution is 8.01. The number of hydrogen-bond acceptors (Lipinski definition) is 5. The van der Waals surface area contributed by atoms with E-state index in [1.165, 1.54) is 0 Å². The summed E-state index contributed by atoms with van der Waals surface area (Å²) < 4.78 is 20.4. The van der Waals surface area contributed by atoms with Gasteiger partial charge in [0.05, 0.1) is 0 Å². The van der Waals surface area contributed by atoms with Gasteiger partial charge < -0.3 is 0 Å². The van der Waals surface area contributed by atoms with Gasteiger partial charge in [-0.2, -0.15) is 0 Å². The highest BCUT2D eigenvalue weighted by atomic mass is 32.2. The Balaban J connectivity index is 3.53. The van der Waals surface area contributed by atoms with Gasteiger partial charge in [-0.1, -0.05) is 13.8 Å². The smallest absolute Gasteiger partial charge is 0.239 e. The Morgan fingerprint density at radius 3 is 1.91 bits per heavy atom. The summed E-state index contributed by atoms with van der Waals surface area (Å²) in [5.41, 5.74) is 5.16. The second kappa shape index (κ2) is 6.34. The molecule has 0 radical (unpaired) electrons. The maximum atomic E-state index is 11.0. The first kappa shape index (κ1) is 11.8. The first-order valence-electron chi connectivity index (χ1n) is 3.13. The zero-order valence-corrected chi connectivity index (χ0v) is 9.01. The molecule has 2 N–H and O–H groups in total. The second-order valence-electron chi connectivity index (χ2n) is 1.50. The van der Waals surface area contributed by atoms with E-state index < -0.39 is 7.75 Å². The van der Waals surface area contributed by atoms with Crippen molar-refractivity contribution in [1.82, 2.24) is 0 Å². The number of hydrogen-bond donors (Lipinski definition) is 1. The van der Waals surface area contributed by atoms with Gasteiger partial charge in [-0.15, -0.1) is 0 Å². The Morgan fingerprint density at radius 2 is 1.64 bits per heavy atom. The van der Waals surface area contributed by atoms with Crippen LogP contribution in [-0.2, 0) is 12.5 Å². The Bertz CT molecular complexity index is 133. The second-order valence-corrected chi connectivity index (χ2v) is 5.40. The molecular weight excluding hydrogens is 205 g/mol. The van der Waals surface area contributed by atoms with Crippen molar-refractivity contribution in [2.45, 2.75) is 13.8 Å². The molecule has 0 aromatic rings. The Kier molecular flexibility index (Phi) is 6.81. The molecule has 0 aliphatic carbocycles. The van der Waals surface area contributed by atoms with Crippen molar-refractivity contribution in [2.24, 2.45) is 5.50 Å². The summed E-state index contributed by atoms with van der Waals surface area (Å²) in [6.45, 7) is 3.75. The molecule has 0 fully saturated rings. The zero-order valence-electron chi connectivity index (χ0n) is 6.48. The number of nitrogens with two attached hydrogens (primary N) is 1. The fourth-order valence-corrected chi connectivity index (χ4v) is 2.61. The van der Waals surface area contributed by atoms with Crippen LogP contribution in [0.25, 0.3) is 0 Å². The van der Waals surface area contributed by atoms with E-state index in [1.807, 2.05) is 13.8 Å². The van der Waals surface area contributed by atoms with Gasteiger partial charge in [-0.3, -0.25) is 0 Å². The molecule has 7 heteroatoms.